The molecule has 19 heavy (non-hydrogen) atoms. The van der Waals surface area contributed by atoms with Crippen LogP contribution in [0.25, 0.3) is 6.08 Å². The van der Waals surface area contributed by atoms with Crippen LogP contribution < -0.4 is 4.90 Å². The van der Waals surface area contributed by atoms with Crippen molar-refractivity contribution < 1.29 is 5.11 Å². The van der Waals surface area contributed by atoms with Crippen molar-refractivity contribution in [2.45, 2.75) is 12.1 Å². The maximum atomic E-state index is 10.6. The van der Waals surface area contributed by atoms with Gasteiger partial charge in [-0.2, -0.15) is 0 Å². The number of nitrogens with zero attached hydrogens (tertiary/aromatic N) is 1. The Bertz CT molecular complexity index is 591. The van der Waals surface area contributed by atoms with Gasteiger partial charge in [-0.3, -0.25) is 0 Å². The van der Waals surface area contributed by atoms with Gasteiger partial charge in [0, 0.05) is 12.7 Å². The number of fused-ring (bicyclic) bond motifs is 1. The molecule has 1 unspecified atom stereocenters. The molecule has 2 nitrogen and oxygen atoms in total. The van der Waals surface area contributed by atoms with Gasteiger partial charge in [-0.05, 0) is 23.3 Å². The summed E-state index contributed by atoms with van der Waals surface area (Å²) in [7, 11) is 2.02. The summed E-state index contributed by atoms with van der Waals surface area (Å²) in [5.74, 6) is 0. The first-order valence-electron chi connectivity index (χ1n) is 6.50. The molecule has 0 aromatic heterocycles. The highest BCUT2D eigenvalue weighted by Gasteiger charge is 2.27. The average molecular weight is 251 g/mol. The molecule has 1 N–H and O–H groups in total. The van der Waals surface area contributed by atoms with Crippen molar-refractivity contribution >= 4 is 11.8 Å². The molecule has 0 spiro atoms. The SMILES string of the molecule is CN(c1ccccc1)[C@@H]1C=Cc2ccccc2C1O. The average Bonchev–Trinajstić information content (AvgIpc) is 2.48. The predicted octanol–water partition coefficient (Wildman–Crippen LogP) is 3.25. The van der Waals surface area contributed by atoms with Crippen molar-refractivity contribution in [1.82, 2.24) is 0 Å². The highest BCUT2D eigenvalue weighted by atomic mass is 16.3. The number of benzene rings is 2. The predicted molar refractivity (Wildman–Crippen MR) is 79.1 cm³/mol. The van der Waals surface area contributed by atoms with E-state index in [1.807, 2.05) is 49.5 Å². The summed E-state index contributed by atoms with van der Waals surface area (Å²) in [5, 5.41) is 10.6. The van der Waals surface area contributed by atoms with E-state index in [1.54, 1.807) is 0 Å². The summed E-state index contributed by atoms with van der Waals surface area (Å²) in [6, 6.07) is 18.1. The van der Waals surface area contributed by atoms with Gasteiger partial charge >= 0.3 is 0 Å². The monoisotopic (exact) mass is 251 g/mol. The van der Waals surface area contributed by atoms with Gasteiger partial charge in [0.05, 0.1) is 6.04 Å². The minimum Gasteiger partial charge on any atom is -0.386 e. The molecular formula is C17H17NO. The van der Waals surface area contributed by atoms with E-state index in [1.165, 1.54) is 0 Å². The van der Waals surface area contributed by atoms with E-state index in [4.69, 9.17) is 0 Å². The maximum Gasteiger partial charge on any atom is 0.103 e. The van der Waals surface area contributed by atoms with Gasteiger partial charge in [-0.25, -0.2) is 0 Å². The van der Waals surface area contributed by atoms with Gasteiger partial charge in [-0.15, -0.1) is 0 Å². The molecule has 0 fully saturated rings. The summed E-state index contributed by atoms with van der Waals surface area (Å²) in [6.07, 6.45) is 3.66. The third kappa shape index (κ3) is 2.15. The topological polar surface area (TPSA) is 23.5 Å². The molecule has 0 heterocycles. The Morgan fingerprint density at radius 2 is 1.63 bits per heavy atom. The zero-order valence-corrected chi connectivity index (χ0v) is 10.9. The lowest BCUT2D eigenvalue weighted by atomic mass is 9.90. The number of anilines is 1. The van der Waals surface area contributed by atoms with Crippen LogP contribution in [0.4, 0.5) is 5.69 Å². The first-order valence-corrected chi connectivity index (χ1v) is 6.50. The van der Waals surface area contributed by atoms with Crippen LogP contribution in [0.2, 0.25) is 0 Å². The van der Waals surface area contributed by atoms with Crippen LogP contribution in [0, 0.1) is 0 Å². The van der Waals surface area contributed by atoms with Crippen LogP contribution in [0.1, 0.15) is 17.2 Å². The molecule has 0 amide bonds. The summed E-state index contributed by atoms with van der Waals surface area (Å²) >= 11 is 0. The molecule has 0 aliphatic heterocycles. The highest BCUT2D eigenvalue weighted by molar-refractivity contribution is 5.61. The van der Waals surface area contributed by atoms with Crippen molar-refractivity contribution in [2.75, 3.05) is 11.9 Å². The summed E-state index contributed by atoms with van der Waals surface area (Å²) in [5.41, 5.74) is 3.21. The number of hydrogen-bond donors (Lipinski definition) is 1. The largest absolute Gasteiger partial charge is 0.386 e. The van der Waals surface area contributed by atoms with Crippen molar-refractivity contribution in [3.05, 3.63) is 71.8 Å². The second kappa shape index (κ2) is 4.90. The van der Waals surface area contributed by atoms with Crippen molar-refractivity contribution in [1.29, 1.82) is 0 Å². The first-order chi connectivity index (χ1) is 9.27. The molecule has 0 radical (unpaired) electrons. The lowest BCUT2D eigenvalue weighted by Gasteiger charge is -2.34. The second-order valence-electron chi connectivity index (χ2n) is 4.87. The number of para-hydroxylation sites is 1. The van der Waals surface area contributed by atoms with Crippen LogP contribution in [0.5, 0.6) is 0 Å². The van der Waals surface area contributed by atoms with E-state index < -0.39 is 6.10 Å². The standard InChI is InChI=1S/C17H17NO/c1-18(14-8-3-2-4-9-14)16-12-11-13-7-5-6-10-15(13)17(16)19/h2-12,16-17,19H,1H3/t16-,17?/m1/s1. The molecule has 0 saturated heterocycles. The fourth-order valence-electron chi connectivity index (χ4n) is 2.60. The van der Waals surface area contributed by atoms with Crippen LogP contribution in [-0.2, 0) is 0 Å². The van der Waals surface area contributed by atoms with Crippen molar-refractivity contribution in [3.63, 3.8) is 0 Å². The number of hydrogen-bond acceptors (Lipinski definition) is 2. The van der Waals surface area contributed by atoms with E-state index in [9.17, 15) is 5.11 Å². The van der Waals surface area contributed by atoms with Gasteiger partial charge in [0.1, 0.15) is 6.10 Å². The molecule has 2 aromatic carbocycles. The summed E-state index contributed by atoms with van der Waals surface area (Å²) in [4.78, 5) is 2.11. The van der Waals surface area contributed by atoms with Crippen LogP contribution in [-0.4, -0.2) is 18.2 Å². The maximum absolute atomic E-state index is 10.6. The Kier molecular flexibility index (Phi) is 3.10. The zero-order chi connectivity index (χ0) is 13.2. The van der Waals surface area contributed by atoms with Gasteiger partial charge in [0.15, 0.2) is 0 Å². The van der Waals surface area contributed by atoms with Crippen LogP contribution in [0.15, 0.2) is 60.7 Å². The number of aliphatic hydroxyl groups is 1. The molecule has 0 bridgehead atoms. The Labute approximate surface area is 113 Å². The molecule has 1 aliphatic carbocycles. The Hall–Kier alpha value is -2.06. The lowest BCUT2D eigenvalue weighted by Crippen LogP contribution is -2.36. The second-order valence-corrected chi connectivity index (χ2v) is 4.87. The summed E-state index contributed by atoms with van der Waals surface area (Å²) < 4.78 is 0. The van der Waals surface area contributed by atoms with Gasteiger partial charge in [-0.1, -0.05) is 54.6 Å². The molecule has 0 saturated carbocycles. The van der Waals surface area contributed by atoms with E-state index in [0.717, 1.165) is 16.8 Å². The highest BCUT2D eigenvalue weighted by Crippen LogP contribution is 2.32. The number of likely N-dealkylation sites (N-methyl/N-ethyl adjacent to an activating group) is 1. The molecule has 3 rings (SSSR count). The Balaban J connectivity index is 1.92. The van der Waals surface area contributed by atoms with Crippen LogP contribution in [0.3, 0.4) is 0 Å². The number of rotatable bonds is 2. The third-order valence-corrected chi connectivity index (χ3v) is 3.72. The smallest absolute Gasteiger partial charge is 0.103 e. The van der Waals surface area contributed by atoms with E-state index in [-0.39, 0.29) is 6.04 Å². The van der Waals surface area contributed by atoms with E-state index in [0.29, 0.717) is 0 Å². The fourth-order valence-corrected chi connectivity index (χ4v) is 2.60. The molecule has 2 heteroatoms. The van der Waals surface area contributed by atoms with Gasteiger partial charge < -0.3 is 10.0 Å². The van der Waals surface area contributed by atoms with Crippen molar-refractivity contribution in [3.8, 4) is 0 Å². The summed E-state index contributed by atoms with van der Waals surface area (Å²) in [6.45, 7) is 0. The van der Waals surface area contributed by atoms with Gasteiger partial charge in [0.2, 0.25) is 0 Å². The van der Waals surface area contributed by atoms with Crippen LogP contribution >= 0.6 is 0 Å². The minimum absolute atomic E-state index is 0.0303. The molecule has 1 aliphatic rings. The normalized spacial score (nSPS) is 20.9. The van der Waals surface area contributed by atoms with Crippen molar-refractivity contribution in [2.24, 2.45) is 0 Å². The minimum atomic E-state index is -0.494. The van der Waals surface area contributed by atoms with E-state index in [2.05, 4.69) is 29.2 Å². The molecule has 2 atom stereocenters. The molecule has 2 aromatic rings. The Morgan fingerprint density at radius 3 is 2.42 bits per heavy atom. The third-order valence-electron chi connectivity index (χ3n) is 3.72. The van der Waals surface area contributed by atoms with E-state index >= 15 is 0 Å². The lowest BCUT2D eigenvalue weighted by molar-refractivity contribution is 0.159. The zero-order valence-electron chi connectivity index (χ0n) is 10.9. The quantitative estimate of drug-likeness (QED) is 0.885. The number of aliphatic hydroxyl groups excluding tert-OH is 1. The fraction of sp³-hybridized carbons (Fsp3) is 0.176. The molecule has 96 valence electrons. The van der Waals surface area contributed by atoms with Gasteiger partial charge in [0.25, 0.3) is 0 Å². The first kappa shape index (κ1) is 12.0. The molecular weight excluding hydrogens is 234 g/mol. The Morgan fingerprint density at radius 1 is 0.947 bits per heavy atom.